The summed E-state index contributed by atoms with van der Waals surface area (Å²) in [5.41, 5.74) is 7.01. The summed E-state index contributed by atoms with van der Waals surface area (Å²) < 4.78 is 22.9. The molecule has 40 heavy (non-hydrogen) atoms. The van der Waals surface area contributed by atoms with Crippen molar-refractivity contribution in [3.05, 3.63) is 72.3 Å². The molecule has 9 nitrogen and oxygen atoms in total. The molecule has 0 radical (unpaired) electrons. The molecule has 1 saturated heterocycles. The summed E-state index contributed by atoms with van der Waals surface area (Å²) in [6.45, 7) is 6.68. The van der Waals surface area contributed by atoms with Gasteiger partial charge in [-0.25, -0.2) is 19.0 Å². The van der Waals surface area contributed by atoms with Crippen LogP contribution in [-0.2, 0) is 11.3 Å². The average Bonchev–Trinajstić information content (AvgIpc) is 3.53. The number of rotatable bonds is 6. The van der Waals surface area contributed by atoms with Crippen molar-refractivity contribution in [1.82, 2.24) is 24.6 Å². The Morgan fingerprint density at radius 2 is 1.98 bits per heavy atom. The first kappa shape index (κ1) is 26.8. The number of hydrogen-bond acceptors (Lipinski definition) is 7. The number of aromatic nitrogens is 4. The third-order valence-corrected chi connectivity index (χ3v) is 6.68. The number of fused-ring (bicyclic) bond motifs is 1. The lowest BCUT2D eigenvalue weighted by Crippen LogP contribution is -2.39. The van der Waals surface area contributed by atoms with Gasteiger partial charge in [0.05, 0.1) is 18.0 Å². The Balaban J connectivity index is 1.48. The highest BCUT2D eigenvalue weighted by molar-refractivity contribution is 5.99. The Labute approximate surface area is 231 Å². The molecular weight excluding hydrogens is 509 g/mol. The zero-order valence-electron chi connectivity index (χ0n) is 22.6. The molecule has 2 aromatic heterocycles. The van der Waals surface area contributed by atoms with Crippen LogP contribution in [0.1, 0.15) is 33.6 Å². The lowest BCUT2D eigenvalue weighted by molar-refractivity contribution is -0.127. The number of allylic oxidation sites excluding steroid dienone is 1. The summed E-state index contributed by atoms with van der Waals surface area (Å²) in [6.07, 6.45) is 4.57. The molecule has 2 aromatic carbocycles. The number of anilines is 1. The first-order chi connectivity index (χ1) is 19.1. The number of nitriles is 1. The van der Waals surface area contributed by atoms with Crippen molar-refractivity contribution in [2.24, 2.45) is 5.41 Å². The zero-order chi connectivity index (χ0) is 28.4. The van der Waals surface area contributed by atoms with Gasteiger partial charge in [-0.2, -0.15) is 10.4 Å². The van der Waals surface area contributed by atoms with Crippen molar-refractivity contribution in [3.8, 4) is 28.8 Å². The van der Waals surface area contributed by atoms with E-state index in [1.165, 1.54) is 12.4 Å². The smallest absolute Gasteiger partial charge is 0.264 e. The van der Waals surface area contributed by atoms with Gasteiger partial charge in [-0.15, -0.1) is 0 Å². The second-order valence-electron chi connectivity index (χ2n) is 10.9. The lowest BCUT2D eigenvalue weighted by Gasteiger charge is -2.25. The number of nitrogen functional groups attached to an aromatic ring is 1. The SMILES string of the molecule is CC(C)(C)C=C(C#N)C(=O)N1CCCC1Cn1nc(-c2ccc(Oc3ccccc3)cc2F)c2c(N)ncnc21. The molecule has 1 aliphatic heterocycles. The van der Waals surface area contributed by atoms with Gasteiger partial charge in [0.15, 0.2) is 5.65 Å². The first-order valence-corrected chi connectivity index (χ1v) is 13.1. The molecule has 1 aliphatic rings. The van der Waals surface area contributed by atoms with E-state index in [1.54, 1.807) is 39.9 Å². The van der Waals surface area contributed by atoms with Gasteiger partial charge in [0, 0.05) is 18.2 Å². The molecule has 1 atom stereocenters. The maximum atomic E-state index is 15.4. The van der Waals surface area contributed by atoms with Gasteiger partial charge in [-0.1, -0.05) is 45.0 Å². The number of ether oxygens (including phenoxy) is 1. The fraction of sp³-hybridized carbons (Fsp3) is 0.300. The summed E-state index contributed by atoms with van der Waals surface area (Å²) in [7, 11) is 0. The average molecular weight is 540 g/mol. The summed E-state index contributed by atoms with van der Waals surface area (Å²) >= 11 is 0. The first-order valence-electron chi connectivity index (χ1n) is 13.1. The van der Waals surface area contributed by atoms with Crippen LogP contribution in [0.25, 0.3) is 22.3 Å². The number of likely N-dealkylation sites (tertiary alicyclic amines) is 1. The molecule has 4 aromatic rings. The summed E-state index contributed by atoms with van der Waals surface area (Å²) in [6, 6.07) is 15.5. The standard InChI is InChI=1S/C30H30FN7O2/c1-30(2,3)15-19(16-32)29(39)37-13-7-8-20(37)17-38-28-25(27(33)34-18-35-28)26(36-38)23-12-11-22(14-24(23)31)40-21-9-5-4-6-10-21/h4-6,9-12,14-15,18,20H,7-8,13,17H2,1-3H3,(H2,33,34,35). The van der Waals surface area contributed by atoms with Crippen molar-refractivity contribution in [1.29, 1.82) is 5.26 Å². The fourth-order valence-electron chi connectivity index (χ4n) is 4.94. The van der Waals surface area contributed by atoms with Crippen LogP contribution in [0.4, 0.5) is 10.2 Å². The molecule has 1 fully saturated rings. The molecule has 5 rings (SSSR count). The highest BCUT2D eigenvalue weighted by atomic mass is 19.1. The zero-order valence-corrected chi connectivity index (χ0v) is 22.6. The quantitative estimate of drug-likeness (QED) is 0.254. The number of hydrogen-bond donors (Lipinski definition) is 1. The van der Waals surface area contributed by atoms with Crippen molar-refractivity contribution in [2.75, 3.05) is 12.3 Å². The van der Waals surface area contributed by atoms with E-state index in [1.807, 2.05) is 39.0 Å². The van der Waals surface area contributed by atoms with Crippen LogP contribution >= 0.6 is 0 Å². The topological polar surface area (TPSA) is 123 Å². The molecule has 204 valence electrons. The molecule has 3 heterocycles. The summed E-state index contributed by atoms with van der Waals surface area (Å²) in [4.78, 5) is 23.5. The maximum absolute atomic E-state index is 15.4. The van der Waals surface area contributed by atoms with E-state index in [-0.39, 0.29) is 34.3 Å². The van der Waals surface area contributed by atoms with Crippen molar-refractivity contribution in [3.63, 3.8) is 0 Å². The van der Waals surface area contributed by atoms with Crippen molar-refractivity contribution >= 4 is 22.8 Å². The highest BCUT2D eigenvalue weighted by Crippen LogP contribution is 2.35. The van der Waals surface area contributed by atoms with Gasteiger partial charge in [-0.05, 0) is 42.5 Å². The molecule has 1 amide bonds. The van der Waals surface area contributed by atoms with Gasteiger partial charge in [0.25, 0.3) is 5.91 Å². The Morgan fingerprint density at radius 3 is 2.67 bits per heavy atom. The Morgan fingerprint density at radius 1 is 1.20 bits per heavy atom. The molecule has 1 unspecified atom stereocenters. The number of halogens is 1. The number of nitrogens with zero attached hydrogens (tertiary/aromatic N) is 6. The van der Waals surface area contributed by atoms with Crippen LogP contribution in [0.5, 0.6) is 11.5 Å². The van der Waals surface area contributed by atoms with Crippen LogP contribution < -0.4 is 10.5 Å². The van der Waals surface area contributed by atoms with Gasteiger partial charge in [0.2, 0.25) is 0 Å². The van der Waals surface area contributed by atoms with Crippen LogP contribution in [0, 0.1) is 22.6 Å². The monoisotopic (exact) mass is 539 g/mol. The molecule has 10 heteroatoms. The number of benzene rings is 2. The molecule has 0 spiro atoms. The minimum Gasteiger partial charge on any atom is -0.457 e. The Kier molecular flexibility index (Phi) is 7.22. The van der Waals surface area contributed by atoms with Gasteiger partial charge >= 0.3 is 0 Å². The van der Waals surface area contributed by atoms with Crippen LogP contribution in [0.15, 0.2) is 66.5 Å². The Bertz CT molecular complexity index is 1630. The van der Waals surface area contributed by atoms with Crippen LogP contribution in [0.2, 0.25) is 0 Å². The predicted molar refractivity (Wildman–Crippen MR) is 150 cm³/mol. The minimum absolute atomic E-state index is 0.122. The minimum atomic E-state index is -0.535. The van der Waals surface area contributed by atoms with E-state index in [0.717, 1.165) is 12.8 Å². The van der Waals surface area contributed by atoms with Crippen molar-refractivity contribution in [2.45, 2.75) is 46.2 Å². The normalized spacial score (nSPS) is 15.8. The van der Waals surface area contributed by atoms with E-state index >= 15 is 4.39 Å². The highest BCUT2D eigenvalue weighted by Gasteiger charge is 2.33. The molecule has 0 bridgehead atoms. The van der Waals surface area contributed by atoms with E-state index in [2.05, 4.69) is 16.0 Å². The maximum Gasteiger partial charge on any atom is 0.264 e. The number of carbonyl (C=O) groups excluding carboxylic acids is 1. The number of amides is 1. The van der Waals surface area contributed by atoms with Crippen LogP contribution in [-0.4, -0.2) is 43.1 Å². The second kappa shape index (κ2) is 10.8. The largest absolute Gasteiger partial charge is 0.457 e. The second-order valence-corrected chi connectivity index (χ2v) is 10.9. The molecular formula is C30H30FN7O2. The third kappa shape index (κ3) is 5.50. The van der Waals surface area contributed by atoms with Crippen LogP contribution in [0.3, 0.4) is 0 Å². The number of carbonyl (C=O) groups is 1. The van der Waals surface area contributed by atoms with Gasteiger partial charge < -0.3 is 15.4 Å². The van der Waals surface area contributed by atoms with E-state index in [9.17, 15) is 10.1 Å². The number of nitrogens with two attached hydrogens (primary N) is 1. The molecule has 2 N–H and O–H groups in total. The van der Waals surface area contributed by atoms with Gasteiger partial charge in [0.1, 0.15) is 46.8 Å². The van der Waals surface area contributed by atoms with Gasteiger partial charge in [-0.3, -0.25) is 4.79 Å². The number of para-hydroxylation sites is 1. The summed E-state index contributed by atoms with van der Waals surface area (Å²) in [5.74, 6) is 0.277. The fourth-order valence-corrected chi connectivity index (χ4v) is 4.94. The van der Waals surface area contributed by atoms with E-state index in [0.29, 0.717) is 41.3 Å². The Hall–Kier alpha value is -4.78. The summed E-state index contributed by atoms with van der Waals surface area (Å²) in [5, 5.41) is 14.8. The van der Waals surface area contributed by atoms with E-state index in [4.69, 9.17) is 15.6 Å². The third-order valence-electron chi connectivity index (χ3n) is 6.68. The molecule has 0 saturated carbocycles. The predicted octanol–water partition coefficient (Wildman–Crippen LogP) is 5.49. The lowest BCUT2D eigenvalue weighted by atomic mass is 9.93. The van der Waals surface area contributed by atoms with Crippen molar-refractivity contribution < 1.29 is 13.9 Å². The van der Waals surface area contributed by atoms with E-state index < -0.39 is 5.82 Å². The molecule has 0 aliphatic carbocycles.